The third-order valence-electron chi connectivity index (χ3n) is 5.45. The molecule has 2 N–H and O–H groups in total. The molecule has 2 amide bonds. The lowest BCUT2D eigenvalue weighted by Gasteiger charge is -2.23. The van der Waals surface area contributed by atoms with Crippen molar-refractivity contribution in [3.63, 3.8) is 0 Å². The standard InChI is InChI=1S/C24H25N3O7S/c1-4-33-23(30)20-19(18-17(32-3)10-13(2)25-22(18)35-20)26-21(29)16-11-14(28)12-27(16)24(31)34-15-8-6-5-7-9-15/h5-10,14,16,28H,4,11-12H2,1-3H3,(H,26,29)/t14-,16-/m0/s1. The van der Waals surface area contributed by atoms with Gasteiger partial charge in [0.15, 0.2) is 0 Å². The number of rotatable bonds is 6. The number of esters is 1. The molecule has 11 heteroatoms. The number of hydrogen-bond donors (Lipinski definition) is 2. The molecule has 0 aliphatic carbocycles. The fraction of sp³-hybridized carbons (Fsp3) is 0.333. The monoisotopic (exact) mass is 499 g/mol. The fourth-order valence-electron chi connectivity index (χ4n) is 3.92. The highest BCUT2D eigenvalue weighted by atomic mass is 32.1. The van der Waals surface area contributed by atoms with Crippen molar-refractivity contribution in [3.05, 3.63) is 47.0 Å². The second-order valence-corrected chi connectivity index (χ2v) is 8.90. The quantitative estimate of drug-likeness (QED) is 0.494. The summed E-state index contributed by atoms with van der Waals surface area (Å²) in [6, 6.07) is 9.12. The number of aryl methyl sites for hydroxylation is 1. The highest BCUT2D eigenvalue weighted by Crippen LogP contribution is 2.41. The maximum Gasteiger partial charge on any atom is 0.416 e. The van der Waals surface area contributed by atoms with Gasteiger partial charge in [-0.05, 0) is 26.0 Å². The molecule has 0 unspecified atom stereocenters. The number of aromatic nitrogens is 1. The zero-order chi connectivity index (χ0) is 25.1. The Morgan fingerprint density at radius 3 is 2.69 bits per heavy atom. The van der Waals surface area contributed by atoms with Gasteiger partial charge in [-0.25, -0.2) is 14.6 Å². The van der Waals surface area contributed by atoms with Crippen molar-refractivity contribution >= 4 is 45.2 Å². The number of anilines is 1. The number of nitrogens with zero attached hydrogens (tertiary/aromatic N) is 2. The van der Waals surface area contributed by atoms with Crippen LogP contribution in [0.2, 0.25) is 0 Å². The van der Waals surface area contributed by atoms with Crippen molar-refractivity contribution in [1.82, 2.24) is 9.88 Å². The zero-order valence-electron chi connectivity index (χ0n) is 19.4. The Morgan fingerprint density at radius 1 is 1.26 bits per heavy atom. The van der Waals surface area contributed by atoms with E-state index in [0.29, 0.717) is 27.4 Å². The number of benzene rings is 1. The molecular formula is C24H25N3O7S. The van der Waals surface area contributed by atoms with Crippen LogP contribution in [0.4, 0.5) is 10.5 Å². The average Bonchev–Trinajstić information content (AvgIpc) is 3.40. The summed E-state index contributed by atoms with van der Waals surface area (Å²) in [6.07, 6.45) is -1.65. The summed E-state index contributed by atoms with van der Waals surface area (Å²) < 4.78 is 16.0. The Labute approximate surface area is 205 Å². The van der Waals surface area contributed by atoms with Gasteiger partial charge in [-0.1, -0.05) is 18.2 Å². The van der Waals surface area contributed by atoms with Gasteiger partial charge in [0.1, 0.15) is 27.2 Å². The molecular weight excluding hydrogens is 474 g/mol. The number of nitrogens with one attached hydrogen (secondary N) is 1. The van der Waals surface area contributed by atoms with Crippen molar-refractivity contribution in [2.75, 3.05) is 25.6 Å². The minimum atomic E-state index is -1.02. The average molecular weight is 500 g/mol. The molecule has 0 radical (unpaired) electrons. The maximum absolute atomic E-state index is 13.4. The van der Waals surface area contributed by atoms with Gasteiger partial charge in [-0.3, -0.25) is 9.69 Å². The van der Waals surface area contributed by atoms with E-state index in [0.717, 1.165) is 11.3 Å². The van der Waals surface area contributed by atoms with Crippen molar-refractivity contribution in [2.24, 2.45) is 0 Å². The van der Waals surface area contributed by atoms with Gasteiger partial charge in [0.2, 0.25) is 5.91 Å². The van der Waals surface area contributed by atoms with Gasteiger partial charge in [0, 0.05) is 18.2 Å². The molecule has 2 aromatic heterocycles. The normalized spacial score (nSPS) is 17.3. The van der Waals surface area contributed by atoms with E-state index >= 15 is 0 Å². The van der Waals surface area contributed by atoms with Gasteiger partial charge >= 0.3 is 12.1 Å². The van der Waals surface area contributed by atoms with Crippen LogP contribution in [0.3, 0.4) is 0 Å². The van der Waals surface area contributed by atoms with Crippen LogP contribution in [0, 0.1) is 6.92 Å². The molecule has 1 saturated heterocycles. The zero-order valence-corrected chi connectivity index (χ0v) is 20.3. The summed E-state index contributed by atoms with van der Waals surface area (Å²) in [5.41, 5.74) is 0.869. The number of hydrogen-bond acceptors (Lipinski definition) is 9. The summed E-state index contributed by atoms with van der Waals surface area (Å²) in [5, 5.41) is 13.4. The van der Waals surface area contributed by atoms with E-state index in [1.165, 1.54) is 12.0 Å². The summed E-state index contributed by atoms with van der Waals surface area (Å²) in [5.74, 6) is -0.448. The minimum absolute atomic E-state index is 0.0149. The number of carbonyl (C=O) groups excluding carboxylic acids is 3. The number of fused-ring (bicyclic) bond motifs is 1. The van der Waals surface area contributed by atoms with Crippen LogP contribution in [-0.4, -0.2) is 65.4 Å². The molecule has 1 aliphatic heterocycles. The van der Waals surface area contributed by atoms with Gasteiger partial charge in [0.05, 0.1) is 37.4 Å². The van der Waals surface area contributed by atoms with E-state index in [-0.39, 0.29) is 30.1 Å². The SMILES string of the molecule is CCOC(=O)c1sc2nc(C)cc(OC)c2c1NC(=O)[C@@H]1C[C@H](O)CN1C(=O)Oc1ccccc1. The fourth-order valence-corrected chi connectivity index (χ4v) is 5.01. The van der Waals surface area contributed by atoms with Gasteiger partial charge in [0.25, 0.3) is 0 Å². The third-order valence-corrected chi connectivity index (χ3v) is 6.51. The molecule has 1 aromatic carbocycles. The predicted octanol–water partition coefficient (Wildman–Crippen LogP) is 3.36. The minimum Gasteiger partial charge on any atom is -0.496 e. The first-order valence-electron chi connectivity index (χ1n) is 11.0. The second kappa shape index (κ2) is 10.3. The molecule has 35 heavy (non-hydrogen) atoms. The molecule has 1 aliphatic rings. The van der Waals surface area contributed by atoms with Crippen LogP contribution >= 0.6 is 11.3 Å². The first-order valence-corrected chi connectivity index (χ1v) is 11.8. The largest absolute Gasteiger partial charge is 0.496 e. The number of likely N-dealkylation sites (tertiary alicyclic amines) is 1. The van der Waals surface area contributed by atoms with Crippen LogP contribution in [0.5, 0.6) is 11.5 Å². The first-order chi connectivity index (χ1) is 16.8. The third kappa shape index (κ3) is 5.05. The highest BCUT2D eigenvalue weighted by molar-refractivity contribution is 7.21. The lowest BCUT2D eigenvalue weighted by Crippen LogP contribution is -2.44. The number of amides is 2. The second-order valence-electron chi connectivity index (χ2n) is 7.90. The molecule has 184 valence electrons. The Morgan fingerprint density at radius 2 is 2.00 bits per heavy atom. The van der Waals surface area contributed by atoms with Gasteiger partial charge in [-0.2, -0.15) is 0 Å². The van der Waals surface area contributed by atoms with E-state index in [2.05, 4.69) is 10.3 Å². The molecule has 4 rings (SSSR count). The molecule has 3 aromatic rings. The summed E-state index contributed by atoms with van der Waals surface area (Å²) >= 11 is 1.07. The van der Waals surface area contributed by atoms with Gasteiger partial charge < -0.3 is 24.6 Å². The maximum atomic E-state index is 13.4. The Balaban J connectivity index is 1.66. The lowest BCUT2D eigenvalue weighted by molar-refractivity contribution is -0.119. The lowest BCUT2D eigenvalue weighted by atomic mass is 10.1. The Bertz CT molecular complexity index is 1260. The number of methoxy groups -OCH3 is 1. The van der Waals surface area contributed by atoms with Crippen LogP contribution in [0.15, 0.2) is 36.4 Å². The highest BCUT2D eigenvalue weighted by Gasteiger charge is 2.41. The number of ether oxygens (including phenoxy) is 3. The molecule has 0 bridgehead atoms. The molecule has 0 saturated carbocycles. The number of pyridine rings is 1. The van der Waals surface area contributed by atoms with Crippen LogP contribution in [-0.2, 0) is 9.53 Å². The van der Waals surface area contributed by atoms with Crippen molar-refractivity contribution < 1.29 is 33.7 Å². The summed E-state index contributed by atoms with van der Waals surface area (Å²) in [7, 11) is 1.48. The number of aliphatic hydroxyl groups excluding tert-OH is 1. The van der Waals surface area contributed by atoms with E-state index < -0.39 is 30.1 Å². The number of aliphatic hydroxyl groups is 1. The smallest absolute Gasteiger partial charge is 0.416 e. The molecule has 2 atom stereocenters. The van der Waals surface area contributed by atoms with E-state index in [1.807, 2.05) is 0 Å². The van der Waals surface area contributed by atoms with Crippen molar-refractivity contribution in [3.8, 4) is 11.5 Å². The van der Waals surface area contributed by atoms with E-state index in [4.69, 9.17) is 14.2 Å². The van der Waals surface area contributed by atoms with E-state index in [1.54, 1.807) is 50.2 Å². The predicted molar refractivity (Wildman–Crippen MR) is 129 cm³/mol. The number of carbonyl (C=O) groups is 3. The molecule has 0 spiro atoms. The molecule has 3 heterocycles. The van der Waals surface area contributed by atoms with Crippen LogP contribution in [0.25, 0.3) is 10.2 Å². The summed E-state index contributed by atoms with van der Waals surface area (Å²) in [6.45, 7) is 3.56. The van der Waals surface area contributed by atoms with E-state index in [9.17, 15) is 19.5 Å². The molecule has 10 nitrogen and oxygen atoms in total. The van der Waals surface area contributed by atoms with Crippen molar-refractivity contribution in [1.29, 1.82) is 0 Å². The Hall–Kier alpha value is -3.70. The van der Waals surface area contributed by atoms with Crippen molar-refractivity contribution in [2.45, 2.75) is 32.4 Å². The number of para-hydroxylation sites is 1. The molecule has 1 fully saturated rings. The first kappa shape index (κ1) is 24.4. The van der Waals surface area contributed by atoms with Crippen LogP contribution < -0.4 is 14.8 Å². The van der Waals surface area contributed by atoms with Gasteiger partial charge in [-0.15, -0.1) is 11.3 Å². The van der Waals surface area contributed by atoms with Crippen LogP contribution in [0.1, 0.15) is 28.7 Å². The Kier molecular flexibility index (Phi) is 7.17. The number of thiophene rings is 1. The summed E-state index contributed by atoms with van der Waals surface area (Å²) in [4.78, 5) is 45.2. The topological polar surface area (TPSA) is 127 Å². The number of β-amino-alcohol motifs (C(OH)–C–C–N with tert-alkyl or cyclic N) is 1.